The smallest absolute Gasteiger partial charge is 0.281 e. The van der Waals surface area contributed by atoms with E-state index in [2.05, 4.69) is 15.4 Å². The van der Waals surface area contributed by atoms with Crippen LogP contribution in [0.2, 0.25) is 10.0 Å². The van der Waals surface area contributed by atoms with Gasteiger partial charge >= 0.3 is 0 Å². The maximum Gasteiger partial charge on any atom is 0.281 e. The Morgan fingerprint density at radius 2 is 1.86 bits per heavy atom. The third kappa shape index (κ3) is 3.89. The highest BCUT2D eigenvalue weighted by Crippen LogP contribution is 2.26. The number of amides is 1. The Kier molecular flexibility index (Phi) is 5.36. The van der Waals surface area contributed by atoms with Gasteiger partial charge in [-0.15, -0.1) is 11.3 Å². The van der Waals surface area contributed by atoms with Gasteiger partial charge in [-0.3, -0.25) is 19.6 Å². The number of hydrogen-bond acceptors (Lipinski definition) is 5. The molecule has 2 heterocycles. The average molecular weight is 445 g/mol. The summed E-state index contributed by atoms with van der Waals surface area (Å²) < 4.78 is 1.60. The number of nitrogens with one attached hydrogen (secondary N) is 1. The van der Waals surface area contributed by atoms with Gasteiger partial charge in [0.1, 0.15) is 0 Å². The van der Waals surface area contributed by atoms with Crippen molar-refractivity contribution in [2.45, 2.75) is 13.5 Å². The standard InChI is InChI=1S/C20H14Cl2N4O2S/c1-2-26-16-8-7-13(22)9-14(16)18(27)17(25-26)19(28)24-20-23-15(10-29-20)11-3-5-12(21)6-4-11/h3-10H,2H2,1H3,(H,23,24,28). The fraction of sp³-hybridized carbons (Fsp3) is 0.100. The van der Waals surface area contributed by atoms with E-state index in [-0.39, 0.29) is 5.69 Å². The minimum absolute atomic E-state index is 0.204. The second kappa shape index (κ2) is 7.94. The SMILES string of the molecule is CCn1nc(C(=O)Nc2nc(-c3ccc(Cl)cc3)cs2)c(=O)c2cc(Cl)ccc21. The normalized spacial score (nSPS) is 11.0. The van der Waals surface area contributed by atoms with Crippen LogP contribution in [0.1, 0.15) is 17.4 Å². The van der Waals surface area contributed by atoms with Crippen molar-refractivity contribution in [3.8, 4) is 11.3 Å². The molecule has 1 amide bonds. The molecule has 146 valence electrons. The lowest BCUT2D eigenvalue weighted by Crippen LogP contribution is -2.27. The third-order valence-electron chi connectivity index (χ3n) is 4.30. The van der Waals surface area contributed by atoms with Crippen molar-refractivity contribution in [3.05, 3.63) is 73.8 Å². The van der Waals surface area contributed by atoms with Crippen molar-refractivity contribution in [3.63, 3.8) is 0 Å². The van der Waals surface area contributed by atoms with Crippen LogP contribution in [0.3, 0.4) is 0 Å². The van der Waals surface area contributed by atoms with E-state index in [1.165, 1.54) is 11.3 Å². The number of carbonyl (C=O) groups excluding carboxylic acids is 1. The summed E-state index contributed by atoms with van der Waals surface area (Å²) in [6.07, 6.45) is 0. The third-order valence-corrected chi connectivity index (χ3v) is 5.54. The second-order valence-corrected chi connectivity index (χ2v) is 7.88. The topological polar surface area (TPSA) is 76.9 Å². The summed E-state index contributed by atoms with van der Waals surface area (Å²) in [5, 5.41) is 10.5. The van der Waals surface area contributed by atoms with Gasteiger partial charge < -0.3 is 0 Å². The Morgan fingerprint density at radius 1 is 1.14 bits per heavy atom. The quantitative estimate of drug-likeness (QED) is 0.474. The van der Waals surface area contributed by atoms with E-state index in [9.17, 15) is 9.59 Å². The zero-order valence-electron chi connectivity index (χ0n) is 15.1. The summed E-state index contributed by atoms with van der Waals surface area (Å²) in [7, 11) is 0. The average Bonchev–Trinajstić information content (AvgIpc) is 3.17. The van der Waals surface area contributed by atoms with Crippen LogP contribution in [0.4, 0.5) is 5.13 Å². The maximum absolute atomic E-state index is 12.8. The van der Waals surface area contributed by atoms with Crippen molar-refractivity contribution >= 4 is 56.5 Å². The zero-order valence-corrected chi connectivity index (χ0v) is 17.5. The van der Waals surface area contributed by atoms with E-state index in [4.69, 9.17) is 23.2 Å². The van der Waals surface area contributed by atoms with Crippen LogP contribution in [0, 0.1) is 0 Å². The van der Waals surface area contributed by atoms with Crippen LogP contribution in [0.25, 0.3) is 22.2 Å². The summed E-state index contributed by atoms with van der Waals surface area (Å²) >= 11 is 13.2. The van der Waals surface area contributed by atoms with E-state index in [1.807, 2.05) is 24.4 Å². The molecule has 0 radical (unpaired) electrons. The fourth-order valence-corrected chi connectivity index (χ4v) is 3.91. The highest BCUT2D eigenvalue weighted by atomic mass is 35.5. The van der Waals surface area contributed by atoms with Crippen LogP contribution in [-0.2, 0) is 6.54 Å². The van der Waals surface area contributed by atoms with Crippen molar-refractivity contribution < 1.29 is 4.79 Å². The summed E-state index contributed by atoms with van der Waals surface area (Å²) in [5.74, 6) is -0.615. The first-order chi connectivity index (χ1) is 14.0. The molecule has 9 heteroatoms. The van der Waals surface area contributed by atoms with E-state index >= 15 is 0 Å². The summed E-state index contributed by atoms with van der Waals surface area (Å²) in [4.78, 5) is 30.0. The molecule has 4 aromatic rings. The molecule has 0 spiro atoms. The number of hydrogen-bond donors (Lipinski definition) is 1. The van der Waals surface area contributed by atoms with E-state index < -0.39 is 11.3 Å². The Balaban J connectivity index is 1.67. The Morgan fingerprint density at radius 3 is 2.59 bits per heavy atom. The minimum atomic E-state index is -0.615. The fourth-order valence-electron chi connectivity index (χ4n) is 2.89. The number of aryl methyl sites for hydroxylation is 1. The molecule has 6 nitrogen and oxygen atoms in total. The molecule has 0 aliphatic heterocycles. The number of nitrogens with zero attached hydrogens (tertiary/aromatic N) is 3. The van der Waals surface area contributed by atoms with Gasteiger partial charge in [0.15, 0.2) is 10.8 Å². The second-order valence-electron chi connectivity index (χ2n) is 6.15. The molecule has 0 unspecified atom stereocenters. The number of rotatable bonds is 4. The molecule has 0 saturated carbocycles. The molecule has 29 heavy (non-hydrogen) atoms. The number of fused-ring (bicyclic) bond motifs is 1. The van der Waals surface area contributed by atoms with E-state index in [1.54, 1.807) is 35.0 Å². The highest BCUT2D eigenvalue weighted by molar-refractivity contribution is 7.14. The van der Waals surface area contributed by atoms with Gasteiger partial charge in [0.05, 0.1) is 16.6 Å². The summed E-state index contributed by atoms with van der Waals surface area (Å²) in [6.45, 7) is 2.38. The Hall–Kier alpha value is -2.74. The zero-order chi connectivity index (χ0) is 20.5. The minimum Gasteiger partial charge on any atom is -0.296 e. The molecule has 2 aromatic carbocycles. The van der Waals surface area contributed by atoms with Gasteiger partial charge in [0.2, 0.25) is 5.43 Å². The van der Waals surface area contributed by atoms with Crippen molar-refractivity contribution in [2.24, 2.45) is 0 Å². The van der Waals surface area contributed by atoms with E-state index in [0.717, 1.165) is 5.56 Å². The molecule has 0 aliphatic rings. The number of thiazole rings is 1. The number of benzene rings is 2. The first-order valence-corrected chi connectivity index (χ1v) is 10.3. The Bertz CT molecular complexity index is 1280. The van der Waals surface area contributed by atoms with Crippen LogP contribution in [0.5, 0.6) is 0 Å². The molecule has 0 aliphatic carbocycles. The largest absolute Gasteiger partial charge is 0.296 e. The summed E-state index contributed by atoms with van der Waals surface area (Å²) in [6, 6.07) is 12.2. The monoisotopic (exact) mass is 444 g/mol. The molecule has 1 N–H and O–H groups in total. The lowest BCUT2D eigenvalue weighted by Gasteiger charge is -2.10. The Labute approximate surface area is 179 Å². The van der Waals surface area contributed by atoms with Crippen molar-refractivity contribution in [1.82, 2.24) is 14.8 Å². The predicted octanol–water partition coefficient (Wildman–Crippen LogP) is 5.10. The summed E-state index contributed by atoms with van der Waals surface area (Å²) in [5.41, 5.74) is 1.52. The van der Waals surface area contributed by atoms with Gasteiger partial charge in [0, 0.05) is 27.5 Å². The molecule has 0 fully saturated rings. The van der Waals surface area contributed by atoms with Crippen LogP contribution in [0.15, 0.2) is 52.6 Å². The lowest BCUT2D eigenvalue weighted by atomic mass is 10.2. The van der Waals surface area contributed by atoms with E-state index in [0.29, 0.717) is 38.3 Å². The number of carbonyl (C=O) groups is 1. The van der Waals surface area contributed by atoms with Gasteiger partial charge in [-0.05, 0) is 37.3 Å². The first kappa shape index (κ1) is 19.6. The number of aromatic nitrogens is 3. The van der Waals surface area contributed by atoms with Gasteiger partial charge in [-0.1, -0.05) is 35.3 Å². The predicted molar refractivity (Wildman–Crippen MR) is 117 cm³/mol. The molecule has 4 rings (SSSR count). The molecule has 0 saturated heterocycles. The highest BCUT2D eigenvalue weighted by Gasteiger charge is 2.19. The van der Waals surface area contributed by atoms with Crippen LogP contribution >= 0.6 is 34.5 Å². The van der Waals surface area contributed by atoms with Gasteiger partial charge in [0.25, 0.3) is 5.91 Å². The lowest BCUT2D eigenvalue weighted by molar-refractivity contribution is 0.101. The van der Waals surface area contributed by atoms with Gasteiger partial charge in [-0.25, -0.2) is 4.98 Å². The van der Waals surface area contributed by atoms with Crippen molar-refractivity contribution in [1.29, 1.82) is 0 Å². The number of halogens is 2. The molecule has 2 aromatic heterocycles. The molecular weight excluding hydrogens is 431 g/mol. The molecular formula is C20H14Cl2N4O2S. The maximum atomic E-state index is 12.8. The first-order valence-electron chi connectivity index (χ1n) is 8.69. The number of anilines is 1. The van der Waals surface area contributed by atoms with Crippen molar-refractivity contribution in [2.75, 3.05) is 5.32 Å². The van der Waals surface area contributed by atoms with Gasteiger partial charge in [-0.2, -0.15) is 5.10 Å². The van der Waals surface area contributed by atoms with Crippen LogP contribution < -0.4 is 10.7 Å². The molecule has 0 bridgehead atoms. The van der Waals surface area contributed by atoms with Crippen LogP contribution in [-0.4, -0.2) is 20.7 Å². The molecule has 0 atom stereocenters.